The molecule has 1 atom stereocenters. The molecular weight excluding hydrogens is 240 g/mol. The van der Waals surface area contributed by atoms with Crippen molar-refractivity contribution >= 4 is 6.29 Å². The lowest BCUT2D eigenvalue weighted by molar-refractivity contribution is -0.123. The largest absolute Gasteiger partial charge is 0.381 e. The highest BCUT2D eigenvalue weighted by atomic mass is 16.5. The maximum absolute atomic E-state index is 11.6. The number of ether oxygens (including phenoxy) is 1. The third-order valence-corrected chi connectivity index (χ3v) is 5.16. The maximum atomic E-state index is 11.6. The number of hydrogen-bond acceptors (Lipinski definition) is 4. The van der Waals surface area contributed by atoms with Crippen LogP contribution in [0.15, 0.2) is 0 Å². The zero-order chi connectivity index (χ0) is 13.1. The van der Waals surface area contributed by atoms with E-state index in [1.54, 1.807) is 0 Å². The van der Waals surface area contributed by atoms with Gasteiger partial charge in [-0.05, 0) is 51.7 Å². The van der Waals surface area contributed by atoms with Crippen LogP contribution < -0.4 is 0 Å². The molecule has 4 nitrogen and oxygen atoms in total. The zero-order valence-electron chi connectivity index (χ0n) is 11.9. The van der Waals surface area contributed by atoms with Gasteiger partial charge >= 0.3 is 0 Å². The quantitative estimate of drug-likeness (QED) is 0.718. The Morgan fingerprint density at radius 1 is 1.16 bits per heavy atom. The van der Waals surface area contributed by atoms with Crippen molar-refractivity contribution in [2.45, 2.75) is 38.1 Å². The number of aldehydes is 1. The highest BCUT2D eigenvalue weighted by molar-refractivity contribution is 5.60. The highest BCUT2D eigenvalue weighted by Gasteiger charge is 2.36. The van der Waals surface area contributed by atoms with Crippen LogP contribution in [0.1, 0.15) is 32.1 Å². The van der Waals surface area contributed by atoms with Crippen LogP contribution in [0.2, 0.25) is 0 Å². The van der Waals surface area contributed by atoms with E-state index in [0.29, 0.717) is 0 Å². The van der Waals surface area contributed by atoms with Crippen molar-refractivity contribution in [2.24, 2.45) is 5.41 Å². The molecular formula is C15H26N2O2. The molecule has 0 bridgehead atoms. The van der Waals surface area contributed by atoms with Gasteiger partial charge in [0.2, 0.25) is 0 Å². The third kappa shape index (κ3) is 3.01. The monoisotopic (exact) mass is 266 g/mol. The lowest BCUT2D eigenvalue weighted by Gasteiger charge is -2.37. The van der Waals surface area contributed by atoms with Crippen LogP contribution in [0.25, 0.3) is 0 Å². The summed E-state index contributed by atoms with van der Waals surface area (Å²) in [6.45, 7) is 7.30. The van der Waals surface area contributed by atoms with Gasteiger partial charge in [-0.1, -0.05) is 0 Å². The fourth-order valence-corrected chi connectivity index (χ4v) is 3.96. The molecule has 3 saturated heterocycles. The molecule has 3 fully saturated rings. The van der Waals surface area contributed by atoms with Gasteiger partial charge in [-0.2, -0.15) is 0 Å². The highest BCUT2D eigenvalue weighted by Crippen LogP contribution is 2.31. The van der Waals surface area contributed by atoms with E-state index in [0.717, 1.165) is 51.7 Å². The van der Waals surface area contributed by atoms with Crippen LogP contribution in [0.4, 0.5) is 0 Å². The Balaban J connectivity index is 1.62. The van der Waals surface area contributed by atoms with Crippen molar-refractivity contribution in [3.63, 3.8) is 0 Å². The van der Waals surface area contributed by atoms with Crippen molar-refractivity contribution in [1.29, 1.82) is 0 Å². The predicted octanol–water partition coefficient (Wildman–Crippen LogP) is 1.15. The number of carbonyl (C=O) groups excluding carboxylic acids is 1. The van der Waals surface area contributed by atoms with Crippen LogP contribution in [0.3, 0.4) is 0 Å². The molecule has 0 aromatic carbocycles. The van der Waals surface area contributed by atoms with E-state index in [-0.39, 0.29) is 5.41 Å². The molecule has 108 valence electrons. The SMILES string of the molecule is O=CC1(CN2CCCN3CCCC3C2)CCOCC1. The fraction of sp³-hybridized carbons (Fsp3) is 0.933. The predicted molar refractivity (Wildman–Crippen MR) is 74.2 cm³/mol. The minimum absolute atomic E-state index is 0.133. The molecule has 0 N–H and O–H groups in total. The number of carbonyl (C=O) groups is 1. The summed E-state index contributed by atoms with van der Waals surface area (Å²) in [4.78, 5) is 16.8. The lowest BCUT2D eigenvalue weighted by Crippen LogP contribution is -2.45. The topological polar surface area (TPSA) is 32.8 Å². The molecule has 0 spiro atoms. The molecule has 0 radical (unpaired) electrons. The molecule has 0 aliphatic carbocycles. The number of hydrogen-bond donors (Lipinski definition) is 0. The minimum atomic E-state index is -0.133. The lowest BCUT2D eigenvalue weighted by atomic mass is 9.81. The Hall–Kier alpha value is -0.450. The van der Waals surface area contributed by atoms with Gasteiger partial charge in [-0.25, -0.2) is 0 Å². The summed E-state index contributed by atoms with van der Waals surface area (Å²) in [6, 6.07) is 0.742. The Morgan fingerprint density at radius 2 is 1.95 bits per heavy atom. The zero-order valence-corrected chi connectivity index (χ0v) is 11.9. The van der Waals surface area contributed by atoms with Gasteiger partial charge in [-0.3, -0.25) is 4.90 Å². The van der Waals surface area contributed by atoms with Gasteiger partial charge in [-0.15, -0.1) is 0 Å². The van der Waals surface area contributed by atoms with E-state index in [1.807, 2.05) is 0 Å². The maximum Gasteiger partial charge on any atom is 0.127 e. The average Bonchev–Trinajstić information content (AvgIpc) is 2.79. The normalized spacial score (nSPS) is 32.7. The Bertz CT molecular complexity index is 315. The first-order chi connectivity index (χ1) is 9.31. The first-order valence-corrected chi connectivity index (χ1v) is 7.82. The second-order valence-electron chi connectivity index (χ2n) is 6.51. The van der Waals surface area contributed by atoms with Crippen LogP contribution in [-0.2, 0) is 9.53 Å². The Labute approximate surface area is 116 Å². The number of nitrogens with zero attached hydrogens (tertiary/aromatic N) is 2. The third-order valence-electron chi connectivity index (χ3n) is 5.16. The molecule has 4 heteroatoms. The molecule has 3 aliphatic heterocycles. The average molecular weight is 266 g/mol. The van der Waals surface area contributed by atoms with Gasteiger partial charge in [0.15, 0.2) is 0 Å². The molecule has 3 aliphatic rings. The van der Waals surface area contributed by atoms with Gasteiger partial charge in [0.1, 0.15) is 6.29 Å². The van der Waals surface area contributed by atoms with Crippen molar-refractivity contribution in [1.82, 2.24) is 9.80 Å². The summed E-state index contributed by atoms with van der Waals surface area (Å²) in [5, 5.41) is 0. The summed E-state index contributed by atoms with van der Waals surface area (Å²) in [7, 11) is 0. The van der Waals surface area contributed by atoms with Crippen molar-refractivity contribution in [3.8, 4) is 0 Å². The van der Waals surface area contributed by atoms with E-state index < -0.39 is 0 Å². The van der Waals surface area contributed by atoms with Gasteiger partial charge in [0.05, 0.1) is 0 Å². The molecule has 1 unspecified atom stereocenters. The second kappa shape index (κ2) is 5.90. The van der Waals surface area contributed by atoms with E-state index in [4.69, 9.17) is 4.74 Å². The van der Waals surface area contributed by atoms with E-state index >= 15 is 0 Å². The van der Waals surface area contributed by atoms with E-state index in [9.17, 15) is 4.79 Å². The van der Waals surface area contributed by atoms with Crippen molar-refractivity contribution in [3.05, 3.63) is 0 Å². The fourth-order valence-electron chi connectivity index (χ4n) is 3.96. The molecule has 19 heavy (non-hydrogen) atoms. The van der Waals surface area contributed by atoms with E-state index in [1.165, 1.54) is 38.6 Å². The second-order valence-corrected chi connectivity index (χ2v) is 6.51. The van der Waals surface area contributed by atoms with Crippen molar-refractivity contribution in [2.75, 3.05) is 45.9 Å². The summed E-state index contributed by atoms with van der Waals surface area (Å²) in [6.07, 6.45) is 6.97. The number of fused-ring (bicyclic) bond motifs is 1. The van der Waals surface area contributed by atoms with Crippen LogP contribution >= 0.6 is 0 Å². The van der Waals surface area contributed by atoms with Crippen LogP contribution in [0, 0.1) is 5.41 Å². The van der Waals surface area contributed by atoms with Gasteiger partial charge < -0.3 is 14.4 Å². The first kappa shape index (κ1) is 13.5. The van der Waals surface area contributed by atoms with Crippen LogP contribution in [-0.4, -0.2) is 68.1 Å². The molecule has 3 rings (SSSR count). The summed E-state index contributed by atoms with van der Waals surface area (Å²) >= 11 is 0. The van der Waals surface area contributed by atoms with Crippen LogP contribution in [0.5, 0.6) is 0 Å². The summed E-state index contributed by atoms with van der Waals surface area (Å²) < 4.78 is 5.42. The number of rotatable bonds is 3. The molecule has 0 amide bonds. The molecule has 3 heterocycles. The molecule has 0 saturated carbocycles. The minimum Gasteiger partial charge on any atom is -0.381 e. The first-order valence-electron chi connectivity index (χ1n) is 7.82. The van der Waals surface area contributed by atoms with E-state index in [2.05, 4.69) is 9.80 Å². The van der Waals surface area contributed by atoms with Gasteiger partial charge in [0, 0.05) is 37.8 Å². The Kier molecular flexibility index (Phi) is 4.20. The molecule has 0 aromatic rings. The van der Waals surface area contributed by atoms with Gasteiger partial charge in [0.25, 0.3) is 0 Å². The summed E-state index contributed by atoms with van der Waals surface area (Å²) in [5.41, 5.74) is -0.133. The van der Waals surface area contributed by atoms with Crippen molar-refractivity contribution < 1.29 is 9.53 Å². The summed E-state index contributed by atoms with van der Waals surface area (Å²) in [5.74, 6) is 0. The standard InChI is InChI=1S/C15H26N2O2/c18-13-15(4-9-19-10-5-15)12-16-6-2-8-17-7-1-3-14(17)11-16/h13-14H,1-12H2. The Morgan fingerprint density at radius 3 is 2.74 bits per heavy atom. The smallest absolute Gasteiger partial charge is 0.127 e. The molecule has 0 aromatic heterocycles.